The minimum atomic E-state index is -0.899. The maximum absolute atomic E-state index is 11.7. The van der Waals surface area contributed by atoms with Gasteiger partial charge in [-0.05, 0) is 24.9 Å². The molecule has 1 fully saturated rings. The molecule has 1 aromatic heterocycles. The van der Waals surface area contributed by atoms with E-state index in [1.165, 1.54) is 13.2 Å². The normalized spacial score (nSPS) is 15.5. The Morgan fingerprint density at radius 3 is 2.79 bits per heavy atom. The Kier molecular flexibility index (Phi) is 3.59. The monoisotopic (exact) mass is 269 g/mol. The lowest BCUT2D eigenvalue weighted by atomic mass is 10.3. The van der Waals surface area contributed by atoms with Crippen molar-refractivity contribution in [3.63, 3.8) is 0 Å². The first-order chi connectivity index (χ1) is 9.09. The summed E-state index contributed by atoms with van der Waals surface area (Å²) in [5, 5.41) is 8.53. The van der Waals surface area contributed by atoms with Gasteiger partial charge in [0, 0.05) is 0 Å². The van der Waals surface area contributed by atoms with Crippen LogP contribution >= 0.6 is 0 Å². The molecule has 1 heterocycles. The smallest absolute Gasteiger partial charge is 0.331 e. The van der Waals surface area contributed by atoms with E-state index < -0.39 is 17.5 Å². The molecule has 1 aromatic rings. The molecule has 1 aliphatic rings. The fourth-order valence-corrected chi connectivity index (χ4v) is 1.55. The largest absolute Gasteiger partial charge is 0.479 e. The Morgan fingerprint density at radius 1 is 1.53 bits per heavy atom. The number of urea groups is 1. The Hall–Kier alpha value is -2.25. The number of esters is 1. The number of hydrogen-bond acceptors (Lipinski definition) is 6. The molecule has 0 spiro atoms. The van der Waals surface area contributed by atoms with E-state index in [-0.39, 0.29) is 18.4 Å². The molecule has 2 amide bonds. The summed E-state index contributed by atoms with van der Waals surface area (Å²) >= 11 is 0. The second-order valence-electron chi connectivity index (χ2n) is 4.12. The van der Waals surface area contributed by atoms with Crippen LogP contribution in [0.5, 0.6) is 5.88 Å². The van der Waals surface area contributed by atoms with E-state index in [1.807, 2.05) is 0 Å². The van der Waals surface area contributed by atoms with E-state index >= 15 is 0 Å². The van der Waals surface area contributed by atoms with Crippen LogP contribution in [0.25, 0.3) is 0 Å². The number of methoxy groups -OCH3 is 1. The Bertz CT molecular complexity index is 480. The van der Waals surface area contributed by atoms with E-state index in [1.54, 1.807) is 6.92 Å². The molecule has 0 unspecified atom stereocenters. The summed E-state index contributed by atoms with van der Waals surface area (Å²) in [4.78, 5) is 23.4. The Balaban J connectivity index is 1.89. The van der Waals surface area contributed by atoms with Crippen LogP contribution in [-0.4, -0.2) is 36.4 Å². The van der Waals surface area contributed by atoms with E-state index in [9.17, 15) is 9.59 Å². The number of carbonyl (C=O) groups excluding carboxylic acids is 2. The Labute approximate surface area is 109 Å². The van der Waals surface area contributed by atoms with Gasteiger partial charge in [-0.15, -0.1) is 0 Å². The second-order valence-corrected chi connectivity index (χ2v) is 4.12. The molecule has 104 valence electrons. The van der Waals surface area contributed by atoms with Gasteiger partial charge in [0.1, 0.15) is 5.54 Å². The number of hydrogen-bond donors (Lipinski definition) is 2. The van der Waals surface area contributed by atoms with Gasteiger partial charge in [0.15, 0.2) is 0 Å². The van der Waals surface area contributed by atoms with Gasteiger partial charge in [0.2, 0.25) is 5.88 Å². The molecular formula is C11H15N3O5. The SMILES string of the molecule is CCOC(=O)C1(NC(=O)Nc2cc(OC)no2)CC1. The number of nitrogens with one attached hydrogen (secondary N) is 2. The standard InChI is InChI=1S/C11H15N3O5/c1-3-18-9(15)11(4-5-11)13-10(16)12-7-6-8(17-2)14-19-7/h6H,3-5H2,1-2H3,(H2,12,13,16). The average Bonchev–Trinajstić information content (AvgIpc) is 3.01. The van der Waals surface area contributed by atoms with E-state index in [0.29, 0.717) is 12.8 Å². The summed E-state index contributed by atoms with van der Waals surface area (Å²) in [7, 11) is 1.43. The van der Waals surface area contributed by atoms with Crippen molar-refractivity contribution in [1.29, 1.82) is 0 Å². The van der Waals surface area contributed by atoms with Crippen LogP contribution in [0.2, 0.25) is 0 Å². The molecule has 0 atom stereocenters. The van der Waals surface area contributed by atoms with Gasteiger partial charge in [-0.2, -0.15) is 0 Å². The van der Waals surface area contributed by atoms with Gasteiger partial charge in [0.25, 0.3) is 5.88 Å². The van der Waals surface area contributed by atoms with Crippen LogP contribution in [0.4, 0.5) is 10.7 Å². The van der Waals surface area contributed by atoms with Crippen molar-refractivity contribution < 1.29 is 23.6 Å². The Morgan fingerprint density at radius 2 is 2.26 bits per heavy atom. The molecule has 0 radical (unpaired) electrons. The summed E-state index contributed by atoms with van der Waals surface area (Å²) in [6, 6.07) is 0.869. The first-order valence-electron chi connectivity index (χ1n) is 5.87. The fourth-order valence-electron chi connectivity index (χ4n) is 1.55. The highest BCUT2D eigenvalue weighted by Gasteiger charge is 2.52. The third kappa shape index (κ3) is 2.95. The first-order valence-corrected chi connectivity index (χ1v) is 5.87. The second kappa shape index (κ2) is 5.17. The van der Waals surface area contributed by atoms with Crippen molar-refractivity contribution in [2.75, 3.05) is 19.0 Å². The molecule has 2 rings (SSSR count). The molecule has 0 saturated heterocycles. The van der Waals surface area contributed by atoms with Crippen molar-refractivity contribution in [2.45, 2.75) is 25.3 Å². The lowest BCUT2D eigenvalue weighted by Gasteiger charge is -2.15. The predicted molar refractivity (Wildman–Crippen MR) is 63.8 cm³/mol. The van der Waals surface area contributed by atoms with Crippen LogP contribution in [-0.2, 0) is 9.53 Å². The number of rotatable bonds is 5. The molecule has 0 aliphatic heterocycles. The number of nitrogens with zero attached hydrogens (tertiary/aromatic N) is 1. The quantitative estimate of drug-likeness (QED) is 0.770. The highest BCUT2D eigenvalue weighted by Crippen LogP contribution is 2.36. The maximum Gasteiger partial charge on any atom is 0.331 e. The van der Waals surface area contributed by atoms with E-state index in [2.05, 4.69) is 15.8 Å². The molecule has 0 aromatic carbocycles. The third-order valence-electron chi connectivity index (χ3n) is 2.70. The number of aromatic nitrogens is 1. The number of anilines is 1. The fraction of sp³-hybridized carbons (Fsp3) is 0.545. The average molecular weight is 269 g/mol. The summed E-state index contributed by atoms with van der Waals surface area (Å²) in [5.41, 5.74) is -0.899. The van der Waals surface area contributed by atoms with Crippen LogP contribution in [0.3, 0.4) is 0 Å². The highest BCUT2D eigenvalue weighted by atomic mass is 16.5. The molecule has 1 aliphatic carbocycles. The number of ether oxygens (including phenoxy) is 2. The van der Waals surface area contributed by atoms with E-state index in [4.69, 9.17) is 14.0 Å². The zero-order valence-electron chi connectivity index (χ0n) is 10.7. The lowest BCUT2D eigenvalue weighted by Crippen LogP contribution is -2.46. The molecule has 0 bridgehead atoms. The van der Waals surface area contributed by atoms with Crippen LogP contribution in [0.15, 0.2) is 10.6 Å². The molecule has 2 N–H and O–H groups in total. The lowest BCUT2D eigenvalue weighted by molar-refractivity contribution is -0.146. The summed E-state index contributed by atoms with van der Waals surface area (Å²) in [5.74, 6) is -0.0314. The van der Waals surface area contributed by atoms with Gasteiger partial charge < -0.3 is 19.3 Å². The topological polar surface area (TPSA) is 103 Å². The van der Waals surface area contributed by atoms with Gasteiger partial charge in [-0.1, -0.05) is 0 Å². The van der Waals surface area contributed by atoms with Crippen molar-refractivity contribution in [2.24, 2.45) is 0 Å². The zero-order valence-corrected chi connectivity index (χ0v) is 10.7. The summed E-state index contributed by atoms with van der Waals surface area (Å²) < 4.78 is 14.5. The van der Waals surface area contributed by atoms with Gasteiger partial charge in [-0.25, -0.2) is 9.59 Å². The van der Waals surface area contributed by atoms with Crippen LogP contribution in [0.1, 0.15) is 19.8 Å². The minimum absolute atomic E-state index is 0.133. The van der Waals surface area contributed by atoms with Crippen LogP contribution in [0, 0.1) is 0 Å². The molecular weight excluding hydrogens is 254 g/mol. The predicted octanol–water partition coefficient (Wildman–Crippen LogP) is 0.900. The van der Waals surface area contributed by atoms with Crippen molar-refractivity contribution in [3.8, 4) is 5.88 Å². The maximum atomic E-state index is 11.7. The molecule has 8 heteroatoms. The van der Waals surface area contributed by atoms with Gasteiger partial charge >= 0.3 is 12.0 Å². The highest BCUT2D eigenvalue weighted by molar-refractivity contribution is 5.95. The van der Waals surface area contributed by atoms with Crippen molar-refractivity contribution >= 4 is 17.9 Å². The van der Waals surface area contributed by atoms with Crippen LogP contribution < -0.4 is 15.4 Å². The van der Waals surface area contributed by atoms with Crippen molar-refractivity contribution in [3.05, 3.63) is 6.07 Å². The molecule has 19 heavy (non-hydrogen) atoms. The molecule has 1 saturated carbocycles. The van der Waals surface area contributed by atoms with Gasteiger partial charge in [0.05, 0.1) is 19.8 Å². The minimum Gasteiger partial charge on any atom is -0.479 e. The molecule has 8 nitrogen and oxygen atoms in total. The van der Waals surface area contributed by atoms with Gasteiger partial charge in [-0.3, -0.25) is 5.32 Å². The number of carbonyl (C=O) groups is 2. The first kappa shape index (κ1) is 13.2. The summed E-state index contributed by atoms with van der Waals surface area (Å²) in [6.07, 6.45) is 1.14. The van der Waals surface area contributed by atoms with E-state index in [0.717, 1.165) is 0 Å². The summed E-state index contributed by atoms with van der Waals surface area (Å²) in [6.45, 7) is 2.00. The third-order valence-corrected chi connectivity index (χ3v) is 2.70. The van der Waals surface area contributed by atoms with Crippen molar-refractivity contribution in [1.82, 2.24) is 10.5 Å². The zero-order chi connectivity index (χ0) is 13.9. The number of amides is 2.